The molecular weight excluding hydrogens is 400 g/mol. The Labute approximate surface area is 179 Å². The standard InChI is InChI=1S/C21H24N6O2S/c1-14-10-17(26(2)3)8-9-18(14)24-20(29)15-6-5-7-16(11-15)23-19(28)12-30-21-25-22-13-27(21)4/h5-11,13H,12H2,1-4H3,(H,23,28)(H,24,29). The number of hydrogen-bond donors (Lipinski definition) is 2. The third-order valence-corrected chi connectivity index (χ3v) is 5.42. The number of amides is 2. The highest BCUT2D eigenvalue weighted by molar-refractivity contribution is 7.99. The molecule has 0 aliphatic carbocycles. The van der Waals surface area contributed by atoms with Gasteiger partial charge in [-0.2, -0.15) is 0 Å². The topological polar surface area (TPSA) is 92.2 Å². The minimum absolute atomic E-state index is 0.185. The number of thioether (sulfide) groups is 1. The van der Waals surface area contributed by atoms with Crippen molar-refractivity contribution in [2.24, 2.45) is 7.05 Å². The van der Waals surface area contributed by atoms with Crippen molar-refractivity contribution in [1.29, 1.82) is 0 Å². The molecule has 0 aliphatic rings. The van der Waals surface area contributed by atoms with Crippen molar-refractivity contribution in [3.8, 4) is 0 Å². The highest BCUT2D eigenvalue weighted by Gasteiger charge is 2.11. The molecule has 0 spiro atoms. The fourth-order valence-electron chi connectivity index (χ4n) is 2.73. The molecule has 0 unspecified atom stereocenters. The van der Waals surface area contributed by atoms with Gasteiger partial charge >= 0.3 is 0 Å². The van der Waals surface area contributed by atoms with Crippen molar-refractivity contribution in [2.45, 2.75) is 12.1 Å². The summed E-state index contributed by atoms with van der Waals surface area (Å²) in [5.74, 6) is -0.226. The Morgan fingerprint density at radius 1 is 1.13 bits per heavy atom. The van der Waals surface area contributed by atoms with Crippen molar-refractivity contribution in [1.82, 2.24) is 14.8 Å². The molecule has 2 aromatic carbocycles. The lowest BCUT2D eigenvalue weighted by atomic mass is 10.1. The number of nitrogens with zero attached hydrogens (tertiary/aromatic N) is 4. The predicted molar refractivity (Wildman–Crippen MR) is 120 cm³/mol. The van der Waals surface area contributed by atoms with Crippen molar-refractivity contribution in [3.05, 3.63) is 59.9 Å². The van der Waals surface area contributed by atoms with Gasteiger partial charge in [0.15, 0.2) is 5.16 Å². The number of carbonyl (C=O) groups excluding carboxylic acids is 2. The van der Waals surface area contributed by atoms with Crippen LogP contribution in [0.15, 0.2) is 53.9 Å². The maximum absolute atomic E-state index is 12.7. The number of aromatic nitrogens is 3. The summed E-state index contributed by atoms with van der Waals surface area (Å²) in [4.78, 5) is 26.9. The first kappa shape index (κ1) is 21.4. The Hall–Kier alpha value is -3.33. The minimum Gasteiger partial charge on any atom is -0.378 e. The van der Waals surface area contributed by atoms with Gasteiger partial charge in [0, 0.05) is 43.8 Å². The average molecular weight is 425 g/mol. The van der Waals surface area contributed by atoms with E-state index in [1.807, 2.05) is 51.2 Å². The van der Waals surface area contributed by atoms with E-state index in [0.717, 1.165) is 16.9 Å². The number of anilines is 3. The second-order valence-electron chi connectivity index (χ2n) is 6.99. The summed E-state index contributed by atoms with van der Waals surface area (Å²) < 4.78 is 1.75. The molecule has 0 bridgehead atoms. The summed E-state index contributed by atoms with van der Waals surface area (Å²) in [7, 11) is 5.76. The normalized spacial score (nSPS) is 10.5. The van der Waals surface area contributed by atoms with Crippen LogP contribution in [0.4, 0.5) is 17.1 Å². The third kappa shape index (κ3) is 5.38. The van der Waals surface area contributed by atoms with Gasteiger partial charge in [-0.05, 0) is 48.9 Å². The van der Waals surface area contributed by atoms with Gasteiger partial charge in [-0.3, -0.25) is 9.59 Å². The molecular formula is C21H24N6O2S. The summed E-state index contributed by atoms with van der Waals surface area (Å²) >= 11 is 1.29. The molecule has 2 amide bonds. The van der Waals surface area contributed by atoms with Gasteiger partial charge < -0.3 is 20.1 Å². The van der Waals surface area contributed by atoms with Crippen LogP contribution in [0.1, 0.15) is 15.9 Å². The zero-order valence-corrected chi connectivity index (χ0v) is 18.2. The fraction of sp³-hybridized carbons (Fsp3) is 0.238. The molecule has 0 fully saturated rings. The van der Waals surface area contributed by atoms with Crippen LogP contribution < -0.4 is 15.5 Å². The van der Waals surface area contributed by atoms with E-state index in [0.29, 0.717) is 16.4 Å². The number of aryl methyl sites for hydroxylation is 2. The smallest absolute Gasteiger partial charge is 0.255 e. The molecule has 1 heterocycles. The molecule has 0 atom stereocenters. The first-order valence-corrected chi connectivity index (χ1v) is 10.3. The Morgan fingerprint density at radius 2 is 1.93 bits per heavy atom. The summed E-state index contributed by atoms with van der Waals surface area (Å²) in [5.41, 5.74) is 3.81. The van der Waals surface area contributed by atoms with Crippen LogP contribution in [0.5, 0.6) is 0 Å². The van der Waals surface area contributed by atoms with Crippen molar-refractivity contribution in [2.75, 3.05) is 35.4 Å². The molecule has 1 aromatic heterocycles. The van der Waals surface area contributed by atoms with Crippen LogP contribution in [0, 0.1) is 6.92 Å². The van der Waals surface area contributed by atoms with E-state index in [9.17, 15) is 9.59 Å². The average Bonchev–Trinajstić information content (AvgIpc) is 3.12. The molecule has 156 valence electrons. The molecule has 3 aromatic rings. The molecule has 2 N–H and O–H groups in total. The van der Waals surface area contributed by atoms with Crippen molar-refractivity contribution >= 4 is 40.6 Å². The number of rotatable bonds is 7. The second-order valence-corrected chi connectivity index (χ2v) is 7.93. The summed E-state index contributed by atoms with van der Waals surface area (Å²) in [6.07, 6.45) is 1.58. The number of benzene rings is 2. The van der Waals surface area contributed by atoms with Gasteiger partial charge in [-0.15, -0.1) is 10.2 Å². The van der Waals surface area contributed by atoms with Gasteiger partial charge in [0.2, 0.25) is 5.91 Å². The SMILES string of the molecule is Cc1cc(N(C)C)ccc1NC(=O)c1cccc(NC(=O)CSc2nncn2C)c1. The van der Waals surface area contributed by atoms with E-state index in [1.165, 1.54) is 11.8 Å². The minimum atomic E-state index is -0.236. The Kier molecular flexibility index (Phi) is 6.73. The van der Waals surface area contributed by atoms with Crippen LogP contribution in [0.2, 0.25) is 0 Å². The summed E-state index contributed by atoms with van der Waals surface area (Å²) in [6.45, 7) is 1.95. The van der Waals surface area contributed by atoms with E-state index in [1.54, 1.807) is 35.2 Å². The summed E-state index contributed by atoms with van der Waals surface area (Å²) in [5, 5.41) is 14.1. The molecule has 0 radical (unpaired) electrons. The molecule has 0 aliphatic heterocycles. The number of hydrogen-bond acceptors (Lipinski definition) is 6. The molecule has 0 saturated carbocycles. The van der Waals surface area contributed by atoms with E-state index in [2.05, 4.69) is 20.8 Å². The molecule has 8 nitrogen and oxygen atoms in total. The zero-order chi connectivity index (χ0) is 21.7. The van der Waals surface area contributed by atoms with Crippen molar-refractivity contribution < 1.29 is 9.59 Å². The highest BCUT2D eigenvalue weighted by Crippen LogP contribution is 2.22. The van der Waals surface area contributed by atoms with Crippen LogP contribution in [0.3, 0.4) is 0 Å². The molecule has 30 heavy (non-hydrogen) atoms. The van der Waals surface area contributed by atoms with E-state index in [-0.39, 0.29) is 17.6 Å². The quantitative estimate of drug-likeness (QED) is 0.566. The molecule has 3 rings (SSSR count). The first-order valence-electron chi connectivity index (χ1n) is 9.29. The van der Waals surface area contributed by atoms with Crippen LogP contribution in [-0.4, -0.2) is 46.4 Å². The summed E-state index contributed by atoms with van der Waals surface area (Å²) in [6, 6.07) is 12.7. The molecule has 9 heteroatoms. The van der Waals surface area contributed by atoms with E-state index in [4.69, 9.17) is 0 Å². The number of nitrogens with one attached hydrogen (secondary N) is 2. The van der Waals surface area contributed by atoms with Gasteiger partial charge in [0.05, 0.1) is 5.75 Å². The Balaban J connectivity index is 1.62. The van der Waals surface area contributed by atoms with E-state index >= 15 is 0 Å². The zero-order valence-electron chi connectivity index (χ0n) is 17.3. The molecule has 0 saturated heterocycles. The monoisotopic (exact) mass is 424 g/mol. The van der Waals surface area contributed by atoms with Gasteiger partial charge in [-0.1, -0.05) is 17.8 Å². The second kappa shape index (κ2) is 9.45. The Bertz CT molecular complexity index is 1060. The predicted octanol–water partition coefficient (Wildman–Crippen LogP) is 3.17. The van der Waals surface area contributed by atoms with Crippen LogP contribution in [0.25, 0.3) is 0 Å². The van der Waals surface area contributed by atoms with Crippen LogP contribution in [-0.2, 0) is 11.8 Å². The van der Waals surface area contributed by atoms with Gasteiger partial charge in [-0.25, -0.2) is 0 Å². The maximum atomic E-state index is 12.7. The Morgan fingerprint density at radius 3 is 2.60 bits per heavy atom. The highest BCUT2D eigenvalue weighted by atomic mass is 32.2. The van der Waals surface area contributed by atoms with Gasteiger partial charge in [0.1, 0.15) is 6.33 Å². The lowest BCUT2D eigenvalue weighted by Crippen LogP contribution is -2.16. The number of carbonyl (C=O) groups is 2. The lowest BCUT2D eigenvalue weighted by Gasteiger charge is -2.15. The fourth-order valence-corrected chi connectivity index (χ4v) is 3.42. The first-order chi connectivity index (χ1) is 14.3. The lowest BCUT2D eigenvalue weighted by molar-refractivity contribution is -0.113. The van der Waals surface area contributed by atoms with Crippen LogP contribution >= 0.6 is 11.8 Å². The van der Waals surface area contributed by atoms with E-state index < -0.39 is 0 Å². The third-order valence-electron chi connectivity index (χ3n) is 4.39. The van der Waals surface area contributed by atoms with Crippen molar-refractivity contribution in [3.63, 3.8) is 0 Å². The largest absolute Gasteiger partial charge is 0.378 e. The maximum Gasteiger partial charge on any atom is 0.255 e. The van der Waals surface area contributed by atoms with Gasteiger partial charge in [0.25, 0.3) is 5.91 Å².